The maximum atomic E-state index is 12.5. The summed E-state index contributed by atoms with van der Waals surface area (Å²) < 4.78 is 0. The van der Waals surface area contributed by atoms with Crippen molar-refractivity contribution in [3.05, 3.63) is 63.1 Å². The lowest BCUT2D eigenvalue weighted by molar-refractivity contribution is -0.132. The molecule has 0 atom stereocenters. The van der Waals surface area contributed by atoms with Crippen LogP contribution in [0.4, 0.5) is 5.69 Å². The average molecular weight is 477 g/mol. The molecule has 9 heteroatoms. The average Bonchev–Trinajstić information content (AvgIpc) is 2.75. The Kier molecular flexibility index (Phi) is 8.12. The molecule has 1 aliphatic heterocycles. The molecule has 0 saturated carbocycles. The molecule has 1 fully saturated rings. The molecule has 1 saturated heterocycles. The van der Waals surface area contributed by atoms with E-state index in [0.717, 1.165) is 16.8 Å². The number of carbonyl (C=O) groups is 3. The minimum atomic E-state index is -0.429. The summed E-state index contributed by atoms with van der Waals surface area (Å²) in [6, 6.07) is 10.4. The molecule has 2 aromatic rings. The number of benzene rings is 2. The summed E-state index contributed by atoms with van der Waals surface area (Å²) in [5, 5.41) is 6.23. The van der Waals surface area contributed by atoms with Crippen LogP contribution < -0.4 is 10.6 Å². The maximum Gasteiger partial charge on any atom is 0.253 e. The Morgan fingerprint density at radius 1 is 1.00 bits per heavy atom. The second-order valence-corrected chi connectivity index (χ2v) is 8.60. The molecule has 2 aromatic carbocycles. The van der Waals surface area contributed by atoms with Crippen molar-refractivity contribution in [3.8, 4) is 0 Å². The lowest BCUT2D eigenvalue weighted by Crippen LogP contribution is -2.52. The van der Waals surface area contributed by atoms with Crippen molar-refractivity contribution in [1.29, 1.82) is 0 Å². The zero-order valence-corrected chi connectivity index (χ0v) is 19.6. The number of carbonyl (C=O) groups excluding carboxylic acids is 3. The third-order valence-electron chi connectivity index (χ3n) is 5.55. The highest BCUT2D eigenvalue weighted by Crippen LogP contribution is 2.21. The van der Waals surface area contributed by atoms with Gasteiger partial charge in [-0.1, -0.05) is 35.3 Å². The summed E-state index contributed by atoms with van der Waals surface area (Å²) in [7, 11) is 0. The van der Waals surface area contributed by atoms with Crippen molar-refractivity contribution in [2.24, 2.45) is 0 Å². The van der Waals surface area contributed by atoms with E-state index in [1.165, 1.54) is 12.1 Å². The van der Waals surface area contributed by atoms with Gasteiger partial charge >= 0.3 is 0 Å². The summed E-state index contributed by atoms with van der Waals surface area (Å²) >= 11 is 11.9. The first-order valence-corrected chi connectivity index (χ1v) is 11.1. The van der Waals surface area contributed by atoms with E-state index in [0.29, 0.717) is 31.2 Å². The standard InChI is InChI=1S/C23H26Cl2N4O3/c1-15-4-3-5-20(16(15)2)27-21(30)14-28-8-10-29(11-9-28)22(31)13-26-23(32)18-7-6-17(24)12-19(18)25/h3-7,12H,8-11,13-14H2,1-2H3,(H,26,32)(H,27,30). The topological polar surface area (TPSA) is 81.8 Å². The SMILES string of the molecule is Cc1cccc(NC(=O)CN2CCN(C(=O)CNC(=O)c3ccc(Cl)cc3Cl)CC2)c1C. The lowest BCUT2D eigenvalue weighted by Gasteiger charge is -2.34. The number of hydrogen-bond donors (Lipinski definition) is 2. The third kappa shape index (κ3) is 6.22. The van der Waals surface area contributed by atoms with E-state index in [9.17, 15) is 14.4 Å². The molecule has 0 bridgehead atoms. The van der Waals surface area contributed by atoms with Crippen LogP contribution in [0.15, 0.2) is 36.4 Å². The minimum absolute atomic E-state index is 0.0782. The van der Waals surface area contributed by atoms with E-state index in [2.05, 4.69) is 10.6 Å². The summed E-state index contributed by atoms with van der Waals surface area (Å²) in [6.45, 7) is 6.29. The van der Waals surface area contributed by atoms with Crippen LogP contribution in [0.2, 0.25) is 10.0 Å². The van der Waals surface area contributed by atoms with E-state index >= 15 is 0 Å². The maximum absolute atomic E-state index is 12.5. The van der Waals surface area contributed by atoms with E-state index < -0.39 is 5.91 Å². The fourth-order valence-electron chi connectivity index (χ4n) is 3.47. The highest BCUT2D eigenvalue weighted by Gasteiger charge is 2.23. The predicted molar refractivity (Wildman–Crippen MR) is 126 cm³/mol. The number of nitrogens with one attached hydrogen (secondary N) is 2. The smallest absolute Gasteiger partial charge is 0.253 e. The molecule has 0 aromatic heterocycles. The number of rotatable bonds is 6. The summed E-state index contributed by atoms with van der Waals surface area (Å²) in [4.78, 5) is 40.9. The van der Waals surface area contributed by atoms with Gasteiger partial charge in [-0.05, 0) is 49.2 Å². The van der Waals surface area contributed by atoms with Crippen molar-refractivity contribution in [1.82, 2.24) is 15.1 Å². The lowest BCUT2D eigenvalue weighted by atomic mass is 10.1. The van der Waals surface area contributed by atoms with Crippen molar-refractivity contribution >= 4 is 46.6 Å². The number of hydrogen-bond acceptors (Lipinski definition) is 4. The van der Waals surface area contributed by atoms with Gasteiger partial charge in [-0.15, -0.1) is 0 Å². The zero-order valence-electron chi connectivity index (χ0n) is 18.1. The first-order chi connectivity index (χ1) is 15.2. The van der Waals surface area contributed by atoms with Gasteiger partial charge < -0.3 is 15.5 Å². The molecule has 32 heavy (non-hydrogen) atoms. The van der Waals surface area contributed by atoms with Crippen LogP contribution in [0, 0.1) is 13.8 Å². The number of amides is 3. The molecule has 7 nitrogen and oxygen atoms in total. The predicted octanol–water partition coefficient (Wildman–Crippen LogP) is 3.12. The van der Waals surface area contributed by atoms with Crippen LogP contribution in [-0.4, -0.2) is 66.8 Å². The Morgan fingerprint density at radius 2 is 1.72 bits per heavy atom. The molecule has 170 valence electrons. The van der Waals surface area contributed by atoms with Crippen LogP contribution in [0.3, 0.4) is 0 Å². The van der Waals surface area contributed by atoms with Crippen LogP contribution in [-0.2, 0) is 9.59 Å². The van der Waals surface area contributed by atoms with Crippen molar-refractivity contribution < 1.29 is 14.4 Å². The Balaban J connectivity index is 1.42. The number of halogens is 2. The molecule has 0 radical (unpaired) electrons. The Morgan fingerprint density at radius 3 is 2.41 bits per heavy atom. The molecular formula is C23H26Cl2N4O3. The number of anilines is 1. The third-order valence-corrected chi connectivity index (χ3v) is 6.09. The van der Waals surface area contributed by atoms with Gasteiger partial charge in [-0.25, -0.2) is 0 Å². The van der Waals surface area contributed by atoms with E-state index in [1.54, 1.807) is 11.0 Å². The Hall–Kier alpha value is -2.61. The zero-order chi connectivity index (χ0) is 23.3. The highest BCUT2D eigenvalue weighted by atomic mass is 35.5. The van der Waals surface area contributed by atoms with Crippen molar-refractivity contribution in [2.45, 2.75) is 13.8 Å². The molecule has 0 unspecified atom stereocenters. The molecule has 1 aliphatic rings. The molecule has 3 amide bonds. The number of nitrogens with zero attached hydrogens (tertiary/aromatic N) is 2. The van der Waals surface area contributed by atoms with Gasteiger partial charge in [0.15, 0.2) is 0 Å². The summed E-state index contributed by atoms with van der Waals surface area (Å²) in [5.74, 6) is -0.685. The Labute approximate surface area is 197 Å². The first-order valence-electron chi connectivity index (χ1n) is 10.3. The minimum Gasteiger partial charge on any atom is -0.343 e. The van der Waals surface area contributed by atoms with Gasteiger partial charge in [-0.2, -0.15) is 0 Å². The quantitative estimate of drug-likeness (QED) is 0.670. The number of piperazine rings is 1. The Bertz CT molecular complexity index is 1020. The molecule has 2 N–H and O–H groups in total. The molecule has 1 heterocycles. The van der Waals surface area contributed by atoms with E-state index in [4.69, 9.17) is 23.2 Å². The fourth-order valence-corrected chi connectivity index (χ4v) is 3.97. The monoisotopic (exact) mass is 476 g/mol. The van der Waals surface area contributed by atoms with E-state index in [1.807, 2.05) is 36.9 Å². The molecule has 0 spiro atoms. The van der Waals surface area contributed by atoms with Gasteiger partial charge in [0.1, 0.15) is 0 Å². The van der Waals surface area contributed by atoms with Gasteiger partial charge in [0.2, 0.25) is 11.8 Å². The summed E-state index contributed by atoms with van der Waals surface area (Å²) in [5.41, 5.74) is 3.27. The van der Waals surface area contributed by atoms with E-state index in [-0.39, 0.29) is 35.5 Å². The molecule has 3 rings (SSSR count). The van der Waals surface area contributed by atoms with Gasteiger partial charge in [0.05, 0.1) is 23.7 Å². The first kappa shape index (κ1) is 24.0. The molecular weight excluding hydrogens is 451 g/mol. The van der Waals surface area contributed by atoms with Crippen LogP contribution >= 0.6 is 23.2 Å². The van der Waals surface area contributed by atoms with Crippen LogP contribution in [0.25, 0.3) is 0 Å². The molecule has 0 aliphatic carbocycles. The normalized spacial score (nSPS) is 14.2. The van der Waals surface area contributed by atoms with Crippen molar-refractivity contribution in [2.75, 3.05) is 44.6 Å². The van der Waals surface area contributed by atoms with Gasteiger partial charge in [-0.3, -0.25) is 19.3 Å². The highest BCUT2D eigenvalue weighted by molar-refractivity contribution is 6.36. The summed E-state index contributed by atoms with van der Waals surface area (Å²) in [6.07, 6.45) is 0. The second kappa shape index (κ2) is 10.8. The largest absolute Gasteiger partial charge is 0.343 e. The number of aryl methyl sites for hydroxylation is 1. The van der Waals surface area contributed by atoms with Crippen LogP contribution in [0.5, 0.6) is 0 Å². The van der Waals surface area contributed by atoms with Gasteiger partial charge in [0, 0.05) is 36.9 Å². The fraction of sp³-hybridized carbons (Fsp3) is 0.348. The van der Waals surface area contributed by atoms with Crippen LogP contribution in [0.1, 0.15) is 21.5 Å². The second-order valence-electron chi connectivity index (χ2n) is 7.76. The van der Waals surface area contributed by atoms with Crippen molar-refractivity contribution in [3.63, 3.8) is 0 Å². The van der Waals surface area contributed by atoms with Gasteiger partial charge in [0.25, 0.3) is 5.91 Å².